The first-order chi connectivity index (χ1) is 14.5. The molecule has 30 heavy (non-hydrogen) atoms. The molecule has 160 valence electrons. The zero-order valence-electron chi connectivity index (χ0n) is 18.1. The van der Waals surface area contributed by atoms with Gasteiger partial charge in [-0.05, 0) is 43.9 Å². The van der Waals surface area contributed by atoms with E-state index in [2.05, 4.69) is 29.8 Å². The Morgan fingerprint density at radius 2 is 1.70 bits per heavy atom. The molecule has 0 aromatic heterocycles. The van der Waals surface area contributed by atoms with Gasteiger partial charge in [-0.3, -0.25) is 4.79 Å². The first kappa shape index (κ1) is 20.9. The van der Waals surface area contributed by atoms with Crippen molar-refractivity contribution in [3.8, 4) is 0 Å². The van der Waals surface area contributed by atoms with E-state index in [0.717, 1.165) is 68.8 Å². The van der Waals surface area contributed by atoms with Gasteiger partial charge in [-0.15, -0.1) is 0 Å². The number of anilines is 1. The van der Waals surface area contributed by atoms with Gasteiger partial charge in [-0.25, -0.2) is 0 Å². The number of carbonyl (C=O) groups is 1. The van der Waals surface area contributed by atoms with Crippen molar-refractivity contribution in [2.75, 3.05) is 44.7 Å². The van der Waals surface area contributed by atoms with Crippen LogP contribution in [0.3, 0.4) is 0 Å². The second kappa shape index (κ2) is 8.78. The number of aliphatic hydroxyl groups is 1. The topological polar surface area (TPSA) is 47.0 Å². The third-order valence-electron chi connectivity index (χ3n) is 6.94. The van der Waals surface area contributed by atoms with Crippen molar-refractivity contribution in [3.63, 3.8) is 0 Å². The number of hydrogen-bond donors (Lipinski definition) is 1. The van der Waals surface area contributed by atoms with Gasteiger partial charge in [0, 0.05) is 51.5 Å². The number of nitrogens with zero attached hydrogens (tertiary/aromatic N) is 3. The highest BCUT2D eigenvalue weighted by atomic mass is 16.3. The number of piperidine rings is 1. The average molecular weight is 408 g/mol. The van der Waals surface area contributed by atoms with Crippen molar-refractivity contribution in [1.82, 2.24) is 9.80 Å². The standard InChI is InChI=1S/C25H33N3O2/c1-3-28-19-21(26(2)23-12-8-7-11-22(23)24(28)29)13-16-27-17-14-25(30,15-18-27)20-9-5-4-6-10-20/h4-12,21,30H,3,13-19H2,1-2H3. The Balaban J connectivity index is 1.40. The Labute approximate surface area is 179 Å². The fourth-order valence-electron chi connectivity index (χ4n) is 4.86. The van der Waals surface area contributed by atoms with Crippen LogP contribution in [0.5, 0.6) is 0 Å². The third kappa shape index (κ3) is 4.09. The van der Waals surface area contributed by atoms with Crippen molar-refractivity contribution in [3.05, 3.63) is 65.7 Å². The van der Waals surface area contributed by atoms with E-state index in [1.54, 1.807) is 0 Å². The summed E-state index contributed by atoms with van der Waals surface area (Å²) in [6.45, 7) is 6.31. The fourth-order valence-corrected chi connectivity index (χ4v) is 4.86. The highest BCUT2D eigenvalue weighted by Crippen LogP contribution is 2.33. The third-order valence-corrected chi connectivity index (χ3v) is 6.94. The zero-order valence-corrected chi connectivity index (χ0v) is 18.1. The van der Waals surface area contributed by atoms with E-state index in [1.165, 1.54) is 0 Å². The monoisotopic (exact) mass is 407 g/mol. The molecule has 5 nitrogen and oxygen atoms in total. The molecule has 1 fully saturated rings. The van der Waals surface area contributed by atoms with Crippen LogP contribution in [-0.4, -0.2) is 66.6 Å². The Hall–Kier alpha value is -2.37. The minimum absolute atomic E-state index is 0.133. The minimum Gasteiger partial charge on any atom is -0.385 e. The first-order valence-electron chi connectivity index (χ1n) is 11.1. The molecule has 1 N–H and O–H groups in total. The number of hydrogen-bond acceptors (Lipinski definition) is 4. The number of fused-ring (bicyclic) bond motifs is 1. The van der Waals surface area contributed by atoms with Crippen LogP contribution in [0.4, 0.5) is 5.69 Å². The number of likely N-dealkylation sites (tertiary alicyclic amines) is 1. The molecule has 5 heteroatoms. The van der Waals surface area contributed by atoms with Gasteiger partial charge in [0.1, 0.15) is 0 Å². The maximum Gasteiger partial charge on any atom is 0.256 e. The molecule has 1 atom stereocenters. The van der Waals surface area contributed by atoms with Gasteiger partial charge in [0.2, 0.25) is 0 Å². The molecular weight excluding hydrogens is 374 g/mol. The molecule has 0 bridgehead atoms. The quantitative estimate of drug-likeness (QED) is 0.826. The van der Waals surface area contributed by atoms with Gasteiger partial charge in [0.05, 0.1) is 11.2 Å². The van der Waals surface area contributed by atoms with E-state index >= 15 is 0 Å². The smallest absolute Gasteiger partial charge is 0.256 e. The van der Waals surface area contributed by atoms with Crippen LogP contribution in [0.15, 0.2) is 54.6 Å². The molecule has 1 amide bonds. The molecule has 2 heterocycles. The van der Waals surface area contributed by atoms with E-state index in [-0.39, 0.29) is 11.9 Å². The molecule has 0 spiro atoms. The summed E-state index contributed by atoms with van der Waals surface area (Å²) in [5, 5.41) is 11.1. The summed E-state index contributed by atoms with van der Waals surface area (Å²) in [6, 6.07) is 18.3. The molecule has 0 saturated carbocycles. The van der Waals surface area contributed by atoms with Crippen molar-refractivity contribution in [2.24, 2.45) is 0 Å². The van der Waals surface area contributed by atoms with Crippen molar-refractivity contribution in [1.29, 1.82) is 0 Å². The largest absolute Gasteiger partial charge is 0.385 e. The first-order valence-corrected chi connectivity index (χ1v) is 11.1. The van der Waals surface area contributed by atoms with Crippen LogP contribution >= 0.6 is 0 Å². The Morgan fingerprint density at radius 1 is 1.03 bits per heavy atom. The van der Waals surface area contributed by atoms with Crippen molar-refractivity contribution >= 4 is 11.6 Å². The predicted molar refractivity (Wildman–Crippen MR) is 121 cm³/mol. The SMILES string of the molecule is CCN1CC(CCN2CCC(O)(c3ccccc3)CC2)N(C)c2ccccc2C1=O. The van der Waals surface area contributed by atoms with E-state index in [4.69, 9.17) is 0 Å². The Kier molecular flexibility index (Phi) is 6.11. The van der Waals surface area contributed by atoms with Gasteiger partial charge in [-0.2, -0.15) is 0 Å². The van der Waals surface area contributed by atoms with Gasteiger partial charge < -0.3 is 19.8 Å². The molecule has 1 saturated heterocycles. The van der Waals surface area contributed by atoms with Gasteiger partial charge in [0.25, 0.3) is 5.91 Å². The van der Waals surface area contributed by atoms with E-state index in [1.807, 2.05) is 53.4 Å². The predicted octanol–water partition coefficient (Wildman–Crippen LogP) is 3.34. The van der Waals surface area contributed by atoms with Crippen LogP contribution in [0, 0.1) is 0 Å². The molecule has 0 radical (unpaired) electrons. The lowest BCUT2D eigenvalue weighted by molar-refractivity contribution is -0.0264. The van der Waals surface area contributed by atoms with Gasteiger partial charge in [-0.1, -0.05) is 42.5 Å². The summed E-state index contributed by atoms with van der Waals surface area (Å²) < 4.78 is 0. The number of benzene rings is 2. The maximum absolute atomic E-state index is 12.9. The molecular formula is C25H33N3O2. The van der Waals surface area contributed by atoms with Crippen LogP contribution in [0.2, 0.25) is 0 Å². The summed E-state index contributed by atoms with van der Waals surface area (Å²) in [5.41, 5.74) is 2.15. The molecule has 0 aliphatic carbocycles. The molecule has 4 rings (SSSR count). The number of para-hydroxylation sites is 1. The summed E-state index contributed by atoms with van der Waals surface area (Å²) in [5.74, 6) is 0.133. The molecule has 2 aromatic rings. The number of likely N-dealkylation sites (N-methyl/N-ethyl adjacent to an activating group) is 2. The maximum atomic E-state index is 12.9. The number of carbonyl (C=O) groups excluding carboxylic acids is 1. The Bertz CT molecular complexity index is 862. The Morgan fingerprint density at radius 3 is 2.40 bits per heavy atom. The highest BCUT2D eigenvalue weighted by Gasteiger charge is 2.35. The van der Waals surface area contributed by atoms with Gasteiger partial charge >= 0.3 is 0 Å². The number of amides is 1. The molecule has 2 aliphatic heterocycles. The lowest BCUT2D eigenvalue weighted by atomic mass is 9.84. The highest BCUT2D eigenvalue weighted by molar-refractivity contribution is 6.00. The fraction of sp³-hybridized carbons (Fsp3) is 0.480. The lowest BCUT2D eigenvalue weighted by Gasteiger charge is -2.39. The summed E-state index contributed by atoms with van der Waals surface area (Å²) in [7, 11) is 2.11. The normalized spacial score (nSPS) is 22.0. The van der Waals surface area contributed by atoms with Crippen LogP contribution in [0.25, 0.3) is 0 Å². The second-order valence-corrected chi connectivity index (χ2v) is 8.65. The van der Waals surface area contributed by atoms with Crippen molar-refractivity contribution in [2.45, 2.75) is 37.8 Å². The zero-order chi connectivity index (χ0) is 21.1. The van der Waals surface area contributed by atoms with Crippen LogP contribution < -0.4 is 4.90 Å². The number of rotatable bonds is 5. The van der Waals surface area contributed by atoms with E-state index < -0.39 is 5.60 Å². The van der Waals surface area contributed by atoms with E-state index in [9.17, 15) is 9.90 Å². The molecule has 1 unspecified atom stereocenters. The summed E-state index contributed by atoms with van der Waals surface area (Å²) in [6.07, 6.45) is 2.53. The molecule has 2 aromatic carbocycles. The summed E-state index contributed by atoms with van der Waals surface area (Å²) in [4.78, 5) is 19.6. The summed E-state index contributed by atoms with van der Waals surface area (Å²) >= 11 is 0. The molecule has 2 aliphatic rings. The second-order valence-electron chi connectivity index (χ2n) is 8.65. The average Bonchev–Trinajstić information content (AvgIpc) is 2.89. The van der Waals surface area contributed by atoms with Crippen LogP contribution in [0.1, 0.15) is 42.1 Å². The van der Waals surface area contributed by atoms with Crippen LogP contribution in [-0.2, 0) is 5.60 Å². The van der Waals surface area contributed by atoms with Gasteiger partial charge in [0.15, 0.2) is 0 Å². The lowest BCUT2D eigenvalue weighted by Crippen LogP contribution is -2.46. The van der Waals surface area contributed by atoms with E-state index in [0.29, 0.717) is 0 Å². The minimum atomic E-state index is -0.707. The van der Waals surface area contributed by atoms with Crippen molar-refractivity contribution < 1.29 is 9.90 Å².